The van der Waals surface area contributed by atoms with Crippen LogP contribution in [0.1, 0.15) is 37.3 Å². The average molecular weight is 399 g/mol. The largest absolute Gasteiger partial charge is 0.295 e. The Hall–Kier alpha value is -0.920. The van der Waals surface area contributed by atoms with Crippen molar-refractivity contribution in [1.29, 1.82) is 0 Å². The van der Waals surface area contributed by atoms with Gasteiger partial charge in [-0.1, -0.05) is 36.6 Å². The number of hydrogen-bond donors (Lipinski definition) is 1. The van der Waals surface area contributed by atoms with E-state index in [0.29, 0.717) is 6.54 Å². The summed E-state index contributed by atoms with van der Waals surface area (Å²) in [5.74, 6) is 0. The molecule has 1 fully saturated rings. The predicted octanol–water partition coefficient (Wildman–Crippen LogP) is 4.30. The van der Waals surface area contributed by atoms with Crippen LogP contribution in [0.2, 0.25) is 5.02 Å². The first-order valence-electron chi connectivity index (χ1n) is 8.58. The van der Waals surface area contributed by atoms with Gasteiger partial charge in [-0.2, -0.15) is 11.3 Å². The zero-order chi connectivity index (χ0) is 17.7. The van der Waals surface area contributed by atoms with E-state index in [0.717, 1.165) is 25.9 Å². The number of nitrogens with one attached hydrogen (secondary N) is 1. The van der Waals surface area contributed by atoms with Gasteiger partial charge in [-0.15, -0.1) is 0 Å². The molecule has 2 aromatic rings. The normalized spacial score (nSPS) is 18.0. The Bertz CT molecular complexity index is 770. The second kappa shape index (κ2) is 8.64. The fourth-order valence-electron chi connectivity index (χ4n) is 3.26. The molecule has 1 N–H and O–H groups in total. The van der Waals surface area contributed by atoms with Gasteiger partial charge in [-0.05, 0) is 60.5 Å². The van der Waals surface area contributed by atoms with E-state index < -0.39 is 10.0 Å². The maximum Gasteiger partial charge on any atom is 0.242 e. The molecule has 0 bridgehead atoms. The molecule has 1 aliphatic heterocycles. The number of benzene rings is 1. The van der Waals surface area contributed by atoms with Crippen molar-refractivity contribution in [3.05, 3.63) is 51.7 Å². The predicted molar refractivity (Wildman–Crippen MR) is 104 cm³/mol. The summed E-state index contributed by atoms with van der Waals surface area (Å²) in [7, 11) is -3.63. The lowest BCUT2D eigenvalue weighted by Gasteiger charge is -2.30. The molecular formula is C18H23ClN2O2S2. The van der Waals surface area contributed by atoms with E-state index in [1.165, 1.54) is 24.5 Å². The molecule has 0 aliphatic carbocycles. The number of rotatable bonds is 6. The van der Waals surface area contributed by atoms with E-state index in [-0.39, 0.29) is 16.0 Å². The van der Waals surface area contributed by atoms with Crippen molar-refractivity contribution in [2.24, 2.45) is 0 Å². The second-order valence-corrected chi connectivity index (χ2v) is 9.23. The van der Waals surface area contributed by atoms with E-state index >= 15 is 0 Å². The maximum absolute atomic E-state index is 12.7. The molecule has 136 valence electrons. The van der Waals surface area contributed by atoms with Crippen molar-refractivity contribution in [3.63, 3.8) is 0 Å². The van der Waals surface area contributed by atoms with Crippen LogP contribution < -0.4 is 4.72 Å². The van der Waals surface area contributed by atoms with Gasteiger partial charge in [-0.25, -0.2) is 13.1 Å². The van der Waals surface area contributed by atoms with Crippen molar-refractivity contribution in [3.8, 4) is 0 Å². The van der Waals surface area contributed by atoms with Crippen molar-refractivity contribution in [2.75, 3.05) is 19.6 Å². The molecular weight excluding hydrogens is 376 g/mol. The highest BCUT2D eigenvalue weighted by molar-refractivity contribution is 7.89. The third-order valence-electron chi connectivity index (χ3n) is 4.60. The quantitative estimate of drug-likeness (QED) is 0.789. The van der Waals surface area contributed by atoms with Crippen LogP contribution in [0.15, 0.2) is 46.0 Å². The van der Waals surface area contributed by atoms with Crippen molar-refractivity contribution in [2.45, 2.75) is 36.6 Å². The molecule has 0 unspecified atom stereocenters. The first-order valence-corrected chi connectivity index (χ1v) is 11.4. The zero-order valence-electron chi connectivity index (χ0n) is 14.0. The van der Waals surface area contributed by atoms with E-state index in [2.05, 4.69) is 21.1 Å². The van der Waals surface area contributed by atoms with Crippen LogP contribution in [0, 0.1) is 0 Å². The molecule has 1 aromatic carbocycles. The Balaban J connectivity index is 1.77. The lowest BCUT2D eigenvalue weighted by molar-refractivity contribution is 0.206. The third-order valence-corrected chi connectivity index (χ3v) is 7.23. The van der Waals surface area contributed by atoms with Crippen molar-refractivity contribution >= 4 is 33.0 Å². The van der Waals surface area contributed by atoms with Gasteiger partial charge in [0.1, 0.15) is 4.90 Å². The summed E-state index contributed by atoms with van der Waals surface area (Å²) in [4.78, 5) is 2.54. The van der Waals surface area contributed by atoms with Crippen LogP contribution >= 0.6 is 22.9 Å². The minimum Gasteiger partial charge on any atom is -0.295 e. The van der Waals surface area contributed by atoms with E-state index in [1.54, 1.807) is 29.5 Å². The molecule has 3 rings (SSSR count). The Kier molecular flexibility index (Phi) is 6.52. The summed E-state index contributed by atoms with van der Waals surface area (Å²) < 4.78 is 28.1. The molecule has 1 saturated heterocycles. The number of likely N-dealkylation sites (tertiary alicyclic amines) is 1. The maximum atomic E-state index is 12.7. The first kappa shape index (κ1) is 18.9. The van der Waals surface area contributed by atoms with Gasteiger partial charge in [0.15, 0.2) is 0 Å². The van der Waals surface area contributed by atoms with E-state index in [9.17, 15) is 8.42 Å². The van der Waals surface area contributed by atoms with Crippen LogP contribution in [0.4, 0.5) is 0 Å². The minimum absolute atomic E-state index is 0.0570. The summed E-state index contributed by atoms with van der Waals surface area (Å²) in [5, 5.41) is 4.40. The molecule has 25 heavy (non-hydrogen) atoms. The third kappa shape index (κ3) is 4.83. The number of hydrogen-bond acceptors (Lipinski definition) is 4. The van der Waals surface area contributed by atoms with Gasteiger partial charge < -0.3 is 0 Å². The van der Waals surface area contributed by atoms with Gasteiger partial charge in [0.05, 0.1) is 5.02 Å². The molecule has 2 heterocycles. The fraction of sp³-hybridized carbons (Fsp3) is 0.444. The summed E-state index contributed by atoms with van der Waals surface area (Å²) in [5.41, 5.74) is 1.17. The van der Waals surface area contributed by atoms with E-state index in [1.807, 2.05) is 5.38 Å². The van der Waals surface area contributed by atoms with Crippen LogP contribution in [-0.4, -0.2) is 33.0 Å². The molecule has 7 heteroatoms. The van der Waals surface area contributed by atoms with E-state index in [4.69, 9.17) is 11.6 Å². The molecule has 0 amide bonds. The topological polar surface area (TPSA) is 49.4 Å². The molecule has 4 nitrogen and oxygen atoms in total. The number of thiophene rings is 1. The van der Waals surface area contributed by atoms with Gasteiger partial charge in [0, 0.05) is 12.6 Å². The Morgan fingerprint density at radius 2 is 1.84 bits per heavy atom. The van der Waals surface area contributed by atoms with Gasteiger partial charge in [0.2, 0.25) is 10.0 Å². The smallest absolute Gasteiger partial charge is 0.242 e. The number of nitrogens with zero attached hydrogens (tertiary/aromatic N) is 1. The summed E-state index contributed by atoms with van der Waals surface area (Å²) in [6, 6.07) is 8.70. The van der Waals surface area contributed by atoms with Crippen molar-refractivity contribution in [1.82, 2.24) is 9.62 Å². The summed E-state index contributed by atoms with van der Waals surface area (Å²) >= 11 is 7.71. The number of halogens is 1. The summed E-state index contributed by atoms with van der Waals surface area (Å²) in [6.45, 7) is 2.37. The SMILES string of the molecule is O=S(=O)(NC[C@@H](c1ccsc1)N1CCCCCC1)c1ccccc1Cl. The fourth-order valence-corrected chi connectivity index (χ4v) is 5.52. The monoisotopic (exact) mass is 398 g/mol. The Morgan fingerprint density at radius 3 is 2.48 bits per heavy atom. The van der Waals surface area contributed by atoms with Crippen LogP contribution in [0.5, 0.6) is 0 Å². The first-order chi connectivity index (χ1) is 12.1. The highest BCUT2D eigenvalue weighted by Gasteiger charge is 2.25. The lowest BCUT2D eigenvalue weighted by Crippen LogP contribution is -2.38. The number of sulfonamides is 1. The lowest BCUT2D eigenvalue weighted by atomic mass is 10.1. The molecule has 0 saturated carbocycles. The summed E-state index contributed by atoms with van der Waals surface area (Å²) in [6.07, 6.45) is 4.83. The second-order valence-electron chi connectivity index (χ2n) is 6.30. The van der Waals surface area contributed by atoms with Gasteiger partial charge >= 0.3 is 0 Å². The standard InChI is InChI=1S/C18H23ClN2O2S2/c19-16-7-3-4-8-18(16)25(22,23)20-13-17(15-9-12-24-14-15)21-10-5-1-2-6-11-21/h3-4,7-9,12,14,17,20H,1-2,5-6,10-11,13H2/t17-/m0/s1. The average Bonchev–Trinajstić information content (AvgIpc) is 2.98. The molecule has 0 spiro atoms. The van der Waals surface area contributed by atoms with Crippen LogP contribution in [0.3, 0.4) is 0 Å². The highest BCUT2D eigenvalue weighted by Crippen LogP contribution is 2.27. The minimum atomic E-state index is -3.63. The highest BCUT2D eigenvalue weighted by atomic mass is 35.5. The van der Waals surface area contributed by atoms with Crippen LogP contribution in [0.25, 0.3) is 0 Å². The van der Waals surface area contributed by atoms with Crippen LogP contribution in [-0.2, 0) is 10.0 Å². The molecule has 1 atom stereocenters. The zero-order valence-corrected chi connectivity index (χ0v) is 16.4. The molecule has 0 radical (unpaired) electrons. The molecule has 1 aromatic heterocycles. The molecule has 1 aliphatic rings. The van der Waals surface area contributed by atoms with Crippen molar-refractivity contribution < 1.29 is 8.42 Å². The van der Waals surface area contributed by atoms with Gasteiger partial charge in [0.25, 0.3) is 0 Å². The Morgan fingerprint density at radius 1 is 1.12 bits per heavy atom. The van der Waals surface area contributed by atoms with Gasteiger partial charge in [-0.3, -0.25) is 4.90 Å². The Labute approximate surface area is 158 Å².